The number of H-pyrrole nitrogens is 1. The van der Waals surface area contributed by atoms with Crippen molar-refractivity contribution in [3.8, 4) is 0 Å². The van der Waals surface area contributed by atoms with Gasteiger partial charge in [0.05, 0.1) is 17.1 Å². The molecule has 412 valence electrons. The summed E-state index contributed by atoms with van der Waals surface area (Å²) in [4.78, 5) is 160. The first-order chi connectivity index (χ1) is 37.8. The minimum Gasteiger partial charge on any atom is -0.370 e. The van der Waals surface area contributed by atoms with Crippen molar-refractivity contribution in [1.29, 1.82) is 0 Å². The molecule has 24 heteroatoms. The number of aryl methyl sites for hydroxylation is 2. The molecule has 2 aromatic heterocycles. The Hall–Kier alpha value is -8.53. The van der Waals surface area contributed by atoms with Crippen LogP contribution >= 0.6 is 7.60 Å². The predicted molar refractivity (Wildman–Crippen MR) is 286 cm³/mol. The lowest BCUT2D eigenvalue weighted by Gasteiger charge is -2.39. The lowest BCUT2D eigenvalue weighted by atomic mass is 9.98. The number of primary amides is 1. The zero-order valence-electron chi connectivity index (χ0n) is 43.0. The van der Waals surface area contributed by atoms with Crippen LogP contribution in [0.25, 0.3) is 21.9 Å². The number of nitrogens with zero attached hydrogens (tertiary/aromatic N) is 4. The van der Waals surface area contributed by atoms with Crippen LogP contribution < -0.4 is 32.7 Å². The van der Waals surface area contributed by atoms with Crippen molar-refractivity contribution in [1.82, 2.24) is 45.2 Å². The van der Waals surface area contributed by atoms with E-state index in [0.29, 0.717) is 35.8 Å². The number of piperidine rings is 1. The van der Waals surface area contributed by atoms with Crippen molar-refractivity contribution in [2.24, 2.45) is 12.8 Å². The highest BCUT2D eigenvalue weighted by molar-refractivity contribution is 7.70. The molecule has 2 unspecified atom stereocenters. The third kappa shape index (κ3) is 12.0. The van der Waals surface area contributed by atoms with Crippen molar-refractivity contribution >= 4 is 82.3 Å². The lowest BCUT2D eigenvalue weighted by Crippen LogP contribution is -2.62. The van der Waals surface area contributed by atoms with Gasteiger partial charge in [-0.1, -0.05) is 72.8 Å². The highest BCUT2D eigenvalue weighted by Gasteiger charge is 2.46. The molecule has 9 N–H and O–H groups in total. The van der Waals surface area contributed by atoms with Gasteiger partial charge < -0.3 is 46.3 Å². The Balaban J connectivity index is 0.957. The third-order valence-corrected chi connectivity index (χ3v) is 15.7. The van der Waals surface area contributed by atoms with E-state index in [1.54, 1.807) is 19.2 Å². The number of benzene rings is 4. The normalized spacial score (nSPS) is 19.1. The molecule has 0 aliphatic carbocycles. The smallest absolute Gasteiger partial charge is 0.370 e. The van der Waals surface area contributed by atoms with Crippen molar-refractivity contribution in [2.45, 2.75) is 100 Å². The average molecular weight is 1100 g/mol. The number of hydrogen-bond acceptors (Lipinski definition) is 11. The second-order valence-corrected chi connectivity index (χ2v) is 21.6. The molecule has 0 bridgehead atoms. The standard InChI is InChI=1S/C55H59N10O13P/c1-62-48-33(14-8-16-41(48)65(55(62)75)43-23-25-45(67)60-52(43)72)15-9-17-46(68)63-27-26-36-19-22-42(51(71)58-38(21-24-44(56)66)49(69)61-47(31-10-4-2-5-11-31)32-12-6-3-7-13-32)64(36)53(73)40(30-63)59-50(70)39-29-35-28-34(18-20-37(35)57-39)54(74)79(76,77)78/h2-8,10-14,16,18,20,28-29,36,38,40,42-43,47,57H,9,15,17,19,21-27,30H2,1H3,(H2,56,66)(H,58,71)(H,59,70)(H,61,69)(H,60,67,72)(H2,76,77,78)/t36-,38+,40?,42+,43?/m1/s1. The summed E-state index contributed by atoms with van der Waals surface area (Å²) in [5.74, 6) is -4.86. The molecule has 3 aliphatic heterocycles. The van der Waals surface area contributed by atoms with E-state index in [1.807, 2.05) is 66.7 Å². The quantitative estimate of drug-likeness (QED) is 0.0454. The molecular formula is C55H59N10O13P. The molecule has 79 heavy (non-hydrogen) atoms. The van der Waals surface area contributed by atoms with Crippen molar-refractivity contribution in [3.63, 3.8) is 0 Å². The number of nitrogens with two attached hydrogens (primary N) is 1. The molecule has 9 rings (SSSR count). The molecule has 3 fully saturated rings. The maximum Gasteiger partial charge on any atom is 0.396 e. The van der Waals surface area contributed by atoms with Crippen LogP contribution in [0.3, 0.4) is 0 Å². The molecule has 3 saturated heterocycles. The Kier molecular flexibility index (Phi) is 16.2. The fourth-order valence-electron chi connectivity index (χ4n) is 11.0. The molecule has 4 aromatic carbocycles. The molecule has 0 saturated carbocycles. The average Bonchev–Trinajstić information content (AvgIpc) is 4.32. The van der Waals surface area contributed by atoms with Crippen molar-refractivity contribution < 1.29 is 57.5 Å². The largest absolute Gasteiger partial charge is 0.396 e. The SMILES string of the molecule is Cn1c(=O)n(C2CCC(=O)NC2=O)c2cccc(CCCC(=O)N3CC[C@H]4CC[C@@H](C(=O)N[C@@H](CCC(N)=O)C(=O)NC(c5ccccc5)c5ccccc5)N4C(=O)C(NC(=O)c4cc5cc(C(=O)P(=O)(O)O)ccc5[nH]4)C3)c21. The first-order valence-corrected chi connectivity index (χ1v) is 27.5. The summed E-state index contributed by atoms with van der Waals surface area (Å²) in [6, 6.07) is 22.7. The van der Waals surface area contributed by atoms with Crippen LogP contribution in [-0.4, -0.2) is 124 Å². The molecule has 5 atom stereocenters. The van der Waals surface area contributed by atoms with E-state index in [1.165, 1.54) is 43.2 Å². The van der Waals surface area contributed by atoms with Gasteiger partial charge in [0.2, 0.25) is 41.4 Å². The van der Waals surface area contributed by atoms with E-state index in [2.05, 4.69) is 26.3 Å². The summed E-state index contributed by atoms with van der Waals surface area (Å²) >= 11 is 0. The number of amides is 8. The molecule has 0 radical (unpaired) electrons. The zero-order chi connectivity index (χ0) is 56.3. The summed E-state index contributed by atoms with van der Waals surface area (Å²) < 4.78 is 14.6. The highest BCUT2D eigenvalue weighted by Crippen LogP contribution is 2.39. The number of hydrogen-bond donors (Lipinski definition) is 8. The number of carbonyl (C=O) groups is 9. The van der Waals surface area contributed by atoms with Crippen LogP contribution in [0.4, 0.5) is 0 Å². The summed E-state index contributed by atoms with van der Waals surface area (Å²) in [5.41, 5.74) is 6.91. The van der Waals surface area contributed by atoms with Gasteiger partial charge in [-0.15, -0.1) is 0 Å². The van der Waals surface area contributed by atoms with Crippen LogP contribution in [0.2, 0.25) is 0 Å². The van der Waals surface area contributed by atoms with Gasteiger partial charge in [-0.3, -0.25) is 62.2 Å². The second kappa shape index (κ2) is 23.2. The lowest BCUT2D eigenvalue weighted by molar-refractivity contribution is -0.145. The van der Waals surface area contributed by atoms with Gasteiger partial charge in [-0.2, -0.15) is 0 Å². The molecule has 5 heterocycles. The molecule has 23 nitrogen and oxygen atoms in total. The van der Waals surface area contributed by atoms with Gasteiger partial charge in [-0.25, -0.2) is 4.79 Å². The summed E-state index contributed by atoms with van der Waals surface area (Å²) in [6.07, 6.45) is 1.12. The van der Waals surface area contributed by atoms with E-state index in [-0.39, 0.29) is 80.6 Å². The fourth-order valence-corrected chi connectivity index (χ4v) is 11.5. The maximum absolute atomic E-state index is 15.1. The highest BCUT2D eigenvalue weighted by atomic mass is 31.2. The van der Waals surface area contributed by atoms with Gasteiger partial charge in [0.1, 0.15) is 29.9 Å². The van der Waals surface area contributed by atoms with Gasteiger partial charge in [0, 0.05) is 61.9 Å². The molecular weight excluding hydrogens is 1040 g/mol. The van der Waals surface area contributed by atoms with Crippen molar-refractivity contribution in [2.75, 3.05) is 13.1 Å². The number of aromatic nitrogens is 3. The molecule has 0 spiro atoms. The molecule has 8 amide bonds. The number of imidazole rings is 1. The fraction of sp³-hybridized carbons (Fsp3) is 0.345. The minimum atomic E-state index is -5.14. The minimum absolute atomic E-state index is 0.0195. The van der Waals surface area contributed by atoms with Crippen molar-refractivity contribution in [3.05, 3.63) is 142 Å². The Morgan fingerprint density at radius 1 is 0.823 bits per heavy atom. The number of nitrogens with one attached hydrogen (secondary N) is 5. The van der Waals surface area contributed by atoms with E-state index in [4.69, 9.17) is 5.73 Å². The molecule has 3 aliphatic rings. The summed E-state index contributed by atoms with van der Waals surface area (Å²) in [7, 11) is -3.56. The zero-order valence-corrected chi connectivity index (χ0v) is 43.9. The Labute approximate surface area is 451 Å². The summed E-state index contributed by atoms with van der Waals surface area (Å²) in [5, 5.41) is 11.1. The topological polar surface area (TPSA) is 335 Å². The number of rotatable bonds is 18. The van der Waals surface area contributed by atoms with Gasteiger partial charge in [0.15, 0.2) is 0 Å². The van der Waals surface area contributed by atoms with E-state index in [9.17, 15) is 57.5 Å². The maximum atomic E-state index is 15.1. The Morgan fingerprint density at radius 3 is 2.20 bits per heavy atom. The van der Waals surface area contributed by atoms with Gasteiger partial charge in [-0.05, 0) is 92.0 Å². The Morgan fingerprint density at radius 2 is 1.53 bits per heavy atom. The summed E-state index contributed by atoms with van der Waals surface area (Å²) in [6.45, 7) is -0.218. The predicted octanol–water partition coefficient (Wildman–Crippen LogP) is 2.49. The van der Waals surface area contributed by atoms with E-state index >= 15 is 4.79 Å². The first kappa shape index (κ1) is 55.2. The van der Waals surface area contributed by atoms with Crippen LogP contribution in [0, 0.1) is 0 Å². The number of para-hydroxylation sites is 1. The first-order valence-electron chi connectivity index (χ1n) is 25.9. The van der Waals surface area contributed by atoms with Crippen LogP contribution in [0.5, 0.6) is 0 Å². The van der Waals surface area contributed by atoms with Crippen LogP contribution in [-0.2, 0) is 51.6 Å². The number of carbonyl (C=O) groups excluding carboxylic acids is 9. The Bertz CT molecular complexity index is 3480. The number of imide groups is 1. The number of aromatic amines is 1. The van der Waals surface area contributed by atoms with E-state index < -0.39 is 96.4 Å². The van der Waals surface area contributed by atoms with Gasteiger partial charge >= 0.3 is 13.3 Å². The van der Waals surface area contributed by atoms with E-state index in [0.717, 1.165) is 16.7 Å². The van der Waals surface area contributed by atoms with Crippen LogP contribution in [0.1, 0.15) is 107 Å². The van der Waals surface area contributed by atoms with Gasteiger partial charge in [0.25, 0.3) is 11.4 Å². The molecule has 6 aromatic rings. The second-order valence-electron chi connectivity index (χ2n) is 20.1. The monoisotopic (exact) mass is 1100 g/mol. The van der Waals surface area contributed by atoms with Crippen LogP contribution in [0.15, 0.2) is 108 Å². The number of fused-ring (bicyclic) bond motifs is 3. The third-order valence-electron chi connectivity index (χ3n) is 14.9.